The van der Waals surface area contributed by atoms with Crippen molar-refractivity contribution in [1.29, 1.82) is 0 Å². The minimum Gasteiger partial charge on any atom is -0.345 e. The van der Waals surface area contributed by atoms with Gasteiger partial charge in [0.2, 0.25) is 0 Å². The molecule has 1 aromatic heterocycles. The molecule has 1 heterocycles. The summed E-state index contributed by atoms with van der Waals surface area (Å²) in [6.45, 7) is 0.124. The van der Waals surface area contributed by atoms with Crippen LogP contribution < -0.4 is 11.1 Å². The third kappa shape index (κ3) is 3.28. The van der Waals surface area contributed by atoms with Gasteiger partial charge in [-0.05, 0) is 13.0 Å². The number of aryl methyl sites for hydroxylation is 1. The number of carbonyl (C=O) groups excluding carboxylic acids is 1. The molecule has 0 spiro atoms. The van der Waals surface area contributed by atoms with Gasteiger partial charge in [-0.1, -0.05) is 0 Å². The fourth-order valence-electron chi connectivity index (χ4n) is 0.907. The number of nitrogens with two attached hydrogens (primary N) is 1. The van der Waals surface area contributed by atoms with Gasteiger partial charge in [-0.3, -0.25) is 9.89 Å². The minimum atomic E-state index is -3.08. The van der Waals surface area contributed by atoms with Crippen molar-refractivity contribution in [1.82, 2.24) is 15.5 Å². The topological polar surface area (TPSA) is 83.8 Å². The van der Waals surface area contributed by atoms with Crippen LogP contribution in [0.2, 0.25) is 0 Å². The van der Waals surface area contributed by atoms with E-state index in [-0.39, 0.29) is 5.69 Å². The second kappa shape index (κ2) is 4.35. The molecule has 1 rings (SSSR count). The highest BCUT2D eigenvalue weighted by Gasteiger charge is 2.27. The summed E-state index contributed by atoms with van der Waals surface area (Å²) in [6.07, 6.45) is 0. The molecule has 0 aliphatic heterocycles. The highest BCUT2D eigenvalue weighted by molar-refractivity contribution is 5.92. The van der Waals surface area contributed by atoms with Crippen LogP contribution in [0, 0.1) is 6.92 Å². The molecule has 84 valence electrons. The standard InChI is InChI=1S/C8H12F2N4O/c1-5-2-6(14-13-5)7(15)12-4-8(9,10)3-11/h2H,3-4,11H2,1H3,(H,12,15)(H,13,14). The first-order valence-electron chi connectivity index (χ1n) is 4.33. The van der Waals surface area contributed by atoms with E-state index in [4.69, 9.17) is 5.73 Å². The molecule has 0 aliphatic carbocycles. The molecule has 0 aliphatic rings. The van der Waals surface area contributed by atoms with Gasteiger partial charge in [0.05, 0.1) is 13.1 Å². The maximum Gasteiger partial charge on any atom is 0.277 e. The summed E-state index contributed by atoms with van der Waals surface area (Å²) in [5.74, 6) is -3.73. The maximum absolute atomic E-state index is 12.7. The lowest BCUT2D eigenvalue weighted by Crippen LogP contribution is -2.41. The summed E-state index contributed by atoms with van der Waals surface area (Å²) < 4.78 is 25.3. The van der Waals surface area contributed by atoms with Gasteiger partial charge in [-0.25, -0.2) is 8.78 Å². The lowest BCUT2D eigenvalue weighted by molar-refractivity contribution is 0.0118. The number of nitrogens with one attached hydrogen (secondary N) is 2. The van der Waals surface area contributed by atoms with E-state index in [1.807, 2.05) is 0 Å². The Kier molecular flexibility index (Phi) is 3.35. The number of rotatable bonds is 4. The van der Waals surface area contributed by atoms with Gasteiger partial charge < -0.3 is 11.1 Å². The second-order valence-corrected chi connectivity index (χ2v) is 3.18. The molecule has 5 nitrogen and oxygen atoms in total. The molecule has 0 bridgehead atoms. The maximum atomic E-state index is 12.7. The van der Waals surface area contributed by atoms with E-state index in [1.165, 1.54) is 6.07 Å². The molecule has 0 saturated heterocycles. The highest BCUT2D eigenvalue weighted by atomic mass is 19.3. The number of aromatic amines is 1. The molecular weight excluding hydrogens is 206 g/mol. The number of H-pyrrole nitrogens is 1. The molecular formula is C8H12F2N4O. The van der Waals surface area contributed by atoms with Crippen molar-refractivity contribution in [3.8, 4) is 0 Å². The van der Waals surface area contributed by atoms with Crippen LogP contribution in [0.1, 0.15) is 16.2 Å². The van der Waals surface area contributed by atoms with Gasteiger partial charge in [0.25, 0.3) is 11.8 Å². The molecule has 0 unspecified atom stereocenters. The predicted octanol–water partition coefficient (Wildman–Crippen LogP) is 0.0419. The zero-order valence-corrected chi connectivity index (χ0v) is 8.18. The van der Waals surface area contributed by atoms with Crippen LogP contribution in [0.4, 0.5) is 8.78 Å². The van der Waals surface area contributed by atoms with Gasteiger partial charge in [-0.2, -0.15) is 5.10 Å². The number of amides is 1. The van der Waals surface area contributed by atoms with Crippen LogP contribution in [-0.4, -0.2) is 35.1 Å². The Bertz CT molecular complexity index is 350. The average Bonchev–Trinajstić information content (AvgIpc) is 2.61. The van der Waals surface area contributed by atoms with Gasteiger partial charge >= 0.3 is 0 Å². The third-order valence-corrected chi connectivity index (χ3v) is 1.74. The monoisotopic (exact) mass is 218 g/mol. The fourth-order valence-corrected chi connectivity index (χ4v) is 0.907. The number of nitrogens with zero attached hydrogens (tertiary/aromatic N) is 1. The van der Waals surface area contributed by atoms with E-state index in [0.717, 1.165) is 0 Å². The summed E-state index contributed by atoms with van der Waals surface area (Å²) >= 11 is 0. The quantitative estimate of drug-likeness (QED) is 0.667. The molecule has 0 atom stereocenters. The highest BCUT2D eigenvalue weighted by Crippen LogP contribution is 2.09. The van der Waals surface area contributed by atoms with Gasteiger partial charge in [-0.15, -0.1) is 0 Å². The van der Waals surface area contributed by atoms with E-state index >= 15 is 0 Å². The average molecular weight is 218 g/mol. The van der Waals surface area contributed by atoms with E-state index < -0.39 is 24.9 Å². The normalized spacial score (nSPS) is 11.5. The largest absolute Gasteiger partial charge is 0.345 e. The predicted molar refractivity (Wildman–Crippen MR) is 49.7 cm³/mol. The first kappa shape index (κ1) is 11.6. The first-order valence-corrected chi connectivity index (χ1v) is 4.33. The Labute approximate surface area is 85.0 Å². The second-order valence-electron chi connectivity index (χ2n) is 3.18. The summed E-state index contributed by atoms with van der Waals surface area (Å²) in [5.41, 5.74) is 5.58. The van der Waals surface area contributed by atoms with Gasteiger partial charge in [0.15, 0.2) is 0 Å². The van der Waals surface area contributed by atoms with Crippen LogP contribution in [0.25, 0.3) is 0 Å². The van der Waals surface area contributed by atoms with Crippen molar-refractivity contribution in [2.45, 2.75) is 12.8 Å². The molecule has 0 fully saturated rings. The molecule has 15 heavy (non-hydrogen) atoms. The van der Waals surface area contributed by atoms with Crippen molar-refractivity contribution in [3.05, 3.63) is 17.5 Å². The summed E-state index contributed by atoms with van der Waals surface area (Å²) in [4.78, 5) is 11.3. The summed E-state index contributed by atoms with van der Waals surface area (Å²) in [5, 5.41) is 8.22. The fraction of sp³-hybridized carbons (Fsp3) is 0.500. The first-order chi connectivity index (χ1) is 6.94. The Morgan fingerprint density at radius 2 is 2.40 bits per heavy atom. The Hall–Kier alpha value is -1.50. The SMILES string of the molecule is Cc1cc(C(=O)NCC(F)(F)CN)n[nH]1. The van der Waals surface area contributed by atoms with Crippen LogP contribution >= 0.6 is 0 Å². The lowest BCUT2D eigenvalue weighted by atomic mass is 10.3. The van der Waals surface area contributed by atoms with Crippen LogP contribution in [-0.2, 0) is 0 Å². The van der Waals surface area contributed by atoms with Crippen molar-refractivity contribution >= 4 is 5.91 Å². The molecule has 0 radical (unpaired) electrons. The van der Waals surface area contributed by atoms with Crippen molar-refractivity contribution < 1.29 is 13.6 Å². The van der Waals surface area contributed by atoms with E-state index in [9.17, 15) is 13.6 Å². The van der Waals surface area contributed by atoms with E-state index in [1.54, 1.807) is 6.92 Å². The van der Waals surface area contributed by atoms with Crippen molar-refractivity contribution in [2.75, 3.05) is 13.1 Å². The third-order valence-electron chi connectivity index (χ3n) is 1.74. The van der Waals surface area contributed by atoms with Crippen molar-refractivity contribution in [2.24, 2.45) is 5.73 Å². The Morgan fingerprint density at radius 1 is 1.73 bits per heavy atom. The van der Waals surface area contributed by atoms with Crippen LogP contribution in [0.3, 0.4) is 0 Å². The number of carbonyl (C=O) groups is 1. The zero-order valence-electron chi connectivity index (χ0n) is 8.18. The number of hydrogen-bond donors (Lipinski definition) is 3. The van der Waals surface area contributed by atoms with Crippen molar-refractivity contribution in [3.63, 3.8) is 0 Å². The number of hydrogen-bond acceptors (Lipinski definition) is 3. The van der Waals surface area contributed by atoms with Crippen LogP contribution in [0.5, 0.6) is 0 Å². The Balaban J connectivity index is 2.50. The number of halogens is 2. The lowest BCUT2D eigenvalue weighted by Gasteiger charge is -2.13. The van der Waals surface area contributed by atoms with Gasteiger partial charge in [0, 0.05) is 5.69 Å². The zero-order chi connectivity index (χ0) is 11.5. The number of aromatic nitrogens is 2. The smallest absolute Gasteiger partial charge is 0.277 e. The van der Waals surface area contributed by atoms with E-state index in [0.29, 0.717) is 5.69 Å². The summed E-state index contributed by atoms with van der Waals surface area (Å²) in [6, 6.07) is 1.47. The van der Waals surface area contributed by atoms with Crippen LogP contribution in [0.15, 0.2) is 6.07 Å². The molecule has 4 N–H and O–H groups in total. The molecule has 0 aromatic carbocycles. The summed E-state index contributed by atoms with van der Waals surface area (Å²) in [7, 11) is 0. The number of alkyl halides is 2. The Morgan fingerprint density at radius 3 is 2.87 bits per heavy atom. The van der Waals surface area contributed by atoms with E-state index in [2.05, 4.69) is 15.5 Å². The molecule has 1 amide bonds. The molecule has 1 aromatic rings. The minimum absolute atomic E-state index is 0.0836. The van der Waals surface area contributed by atoms with Gasteiger partial charge in [0.1, 0.15) is 5.69 Å². The molecule has 0 saturated carbocycles. The molecule has 7 heteroatoms.